The molecule has 0 saturated carbocycles. The summed E-state index contributed by atoms with van der Waals surface area (Å²) in [5.41, 5.74) is 5.97. The zero-order chi connectivity index (χ0) is 19.9. The fourth-order valence-corrected chi connectivity index (χ4v) is 4.69. The molecule has 3 N–H and O–H groups in total. The number of hydrogen-bond donors (Lipinski definition) is 2. The Hall–Kier alpha value is -2.07. The summed E-state index contributed by atoms with van der Waals surface area (Å²) in [5, 5.41) is 11.8. The first kappa shape index (κ1) is 19.7. The van der Waals surface area contributed by atoms with Gasteiger partial charge in [-0.3, -0.25) is 0 Å². The molecule has 2 atom stereocenters. The van der Waals surface area contributed by atoms with Crippen molar-refractivity contribution in [3.05, 3.63) is 58.5 Å². The van der Waals surface area contributed by atoms with Gasteiger partial charge in [-0.05, 0) is 22.7 Å². The second-order valence-corrected chi connectivity index (χ2v) is 8.01. The average molecular weight is 425 g/mol. The van der Waals surface area contributed by atoms with Crippen LogP contribution in [0.15, 0.2) is 30.8 Å². The van der Waals surface area contributed by atoms with Gasteiger partial charge in [0.2, 0.25) is 0 Å². The van der Waals surface area contributed by atoms with Gasteiger partial charge >= 0.3 is 5.97 Å². The number of fused-ring (bicyclic) bond motifs is 1. The van der Waals surface area contributed by atoms with E-state index in [0.29, 0.717) is 10.9 Å². The summed E-state index contributed by atoms with van der Waals surface area (Å²) in [6, 6.07) is 5.71. The molecule has 0 aliphatic heterocycles. The van der Waals surface area contributed by atoms with Gasteiger partial charge in [0, 0.05) is 26.9 Å². The molecule has 1 aromatic heterocycles. The number of carboxylic acids is 1. The maximum Gasteiger partial charge on any atom is 0.346 e. The third-order valence-electron chi connectivity index (χ3n) is 3.92. The van der Waals surface area contributed by atoms with Crippen LogP contribution in [0, 0.1) is 11.6 Å². The summed E-state index contributed by atoms with van der Waals surface area (Å²) >= 11 is 1.09. The van der Waals surface area contributed by atoms with Crippen LogP contribution in [0.4, 0.5) is 8.78 Å². The van der Waals surface area contributed by atoms with Crippen molar-refractivity contribution in [1.29, 1.82) is 0 Å². The first-order valence-electron chi connectivity index (χ1n) is 7.60. The third-order valence-corrected chi connectivity index (χ3v) is 6.37. The maximum atomic E-state index is 14.2. The summed E-state index contributed by atoms with van der Waals surface area (Å²) in [4.78, 5) is 11.7. The highest BCUT2D eigenvalue weighted by atomic mass is 32.1. The van der Waals surface area contributed by atoms with E-state index in [1.807, 2.05) is 12.1 Å². The minimum atomic E-state index is -1.13. The van der Waals surface area contributed by atoms with Crippen molar-refractivity contribution < 1.29 is 23.4 Å². The number of carbonyl (C=O) groups is 1. The highest BCUT2D eigenvalue weighted by molar-refractivity contribution is 7.34. The van der Waals surface area contributed by atoms with Gasteiger partial charge in [-0.2, -0.15) is 0 Å². The number of thiophene rings is 1. The van der Waals surface area contributed by atoms with Crippen molar-refractivity contribution in [3.8, 4) is 5.75 Å². The van der Waals surface area contributed by atoms with E-state index in [-0.39, 0.29) is 22.7 Å². The van der Waals surface area contributed by atoms with Gasteiger partial charge in [0.15, 0.2) is 17.4 Å². The SMILES string of the molecule is C=C(N)c1cc(F)c(OCc2c(C(=O)O)sc3c(P)ccc(P)c23)c(F)c1. The van der Waals surface area contributed by atoms with Crippen molar-refractivity contribution >= 4 is 62.2 Å². The van der Waals surface area contributed by atoms with E-state index in [9.17, 15) is 18.7 Å². The predicted molar refractivity (Wildman–Crippen MR) is 111 cm³/mol. The number of carboxylic acid groups (broad SMARTS) is 1. The monoisotopic (exact) mass is 425 g/mol. The summed E-state index contributed by atoms with van der Waals surface area (Å²) in [5.74, 6) is -3.60. The van der Waals surface area contributed by atoms with E-state index in [4.69, 9.17) is 10.5 Å². The first-order valence-corrected chi connectivity index (χ1v) is 9.57. The molecule has 0 spiro atoms. The Morgan fingerprint density at radius 2 is 1.81 bits per heavy atom. The fraction of sp³-hybridized carbons (Fsp3) is 0.0556. The van der Waals surface area contributed by atoms with E-state index < -0.39 is 23.4 Å². The molecule has 140 valence electrons. The quantitative estimate of drug-likeness (QED) is 0.615. The first-order chi connectivity index (χ1) is 12.7. The van der Waals surface area contributed by atoms with Crippen LogP contribution >= 0.6 is 29.8 Å². The smallest absolute Gasteiger partial charge is 0.346 e. The number of nitrogens with two attached hydrogens (primary N) is 1. The molecule has 0 bridgehead atoms. The summed E-state index contributed by atoms with van der Waals surface area (Å²) in [6.45, 7) is 3.14. The number of hydrogen-bond acceptors (Lipinski definition) is 4. The van der Waals surface area contributed by atoms with Crippen LogP contribution < -0.4 is 21.1 Å². The highest BCUT2D eigenvalue weighted by Gasteiger charge is 2.22. The van der Waals surface area contributed by atoms with Crippen molar-refractivity contribution in [2.75, 3.05) is 0 Å². The van der Waals surface area contributed by atoms with Crippen LogP contribution in [0.2, 0.25) is 0 Å². The summed E-state index contributed by atoms with van der Waals surface area (Å²) in [7, 11) is 5.09. The molecule has 0 saturated heterocycles. The number of aromatic carboxylic acids is 1. The van der Waals surface area contributed by atoms with Gasteiger partial charge in [-0.25, -0.2) is 13.6 Å². The Morgan fingerprint density at radius 1 is 1.22 bits per heavy atom. The van der Waals surface area contributed by atoms with Crippen molar-refractivity contribution in [2.45, 2.75) is 6.61 Å². The van der Waals surface area contributed by atoms with Gasteiger partial charge in [0.1, 0.15) is 11.5 Å². The van der Waals surface area contributed by atoms with Gasteiger partial charge in [-0.15, -0.1) is 29.8 Å². The molecule has 2 aromatic carbocycles. The fourth-order valence-electron chi connectivity index (χ4n) is 2.65. The number of benzene rings is 2. The molecule has 0 amide bonds. The second kappa shape index (κ2) is 7.51. The van der Waals surface area contributed by atoms with E-state index in [0.717, 1.165) is 38.8 Å². The molecule has 0 fully saturated rings. The molecule has 1 heterocycles. The molecule has 0 aliphatic rings. The predicted octanol–water partition coefficient (Wildman–Crippen LogP) is 3.39. The molecule has 3 aromatic rings. The molecule has 0 aliphatic carbocycles. The van der Waals surface area contributed by atoms with Crippen LogP contribution in [-0.2, 0) is 6.61 Å². The van der Waals surface area contributed by atoms with E-state index >= 15 is 0 Å². The topological polar surface area (TPSA) is 72.5 Å². The Bertz CT molecular complexity index is 1070. The minimum Gasteiger partial charge on any atom is -0.483 e. The lowest BCUT2D eigenvalue weighted by atomic mass is 10.1. The Kier molecular flexibility index (Phi) is 5.48. The lowest BCUT2D eigenvalue weighted by Gasteiger charge is -2.11. The Labute approximate surface area is 162 Å². The number of ether oxygens (including phenoxy) is 1. The molecular weight excluding hydrogens is 410 g/mol. The third kappa shape index (κ3) is 3.68. The van der Waals surface area contributed by atoms with Crippen LogP contribution in [0.1, 0.15) is 20.8 Å². The van der Waals surface area contributed by atoms with Gasteiger partial charge in [0.25, 0.3) is 0 Å². The van der Waals surface area contributed by atoms with Gasteiger partial charge in [-0.1, -0.05) is 18.7 Å². The van der Waals surface area contributed by atoms with Crippen molar-refractivity contribution in [1.82, 2.24) is 0 Å². The maximum absolute atomic E-state index is 14.2. The minimum absolute atomic E-state index is 0.0250. The zero-order valence-corrected chi connectivity index (χ0v) is 17.0. The molecule has 27 heavy (non-hydrogen) atoms. The van der Waals surface area contributed by atoms with E-state index in [1.165, 1.54) is 0 Å². The summed E-state index contributed by atoms with van der Waals surface area (Å²) < 4.78 is 34.6. The van der Waals surface area contributed by atoms with Crippen molar-refractivity contribution in [2.24, 2.45) is 5.73 Å². The lowest BCUT2D eigenvalue weighted by Crippen LogP contribution is -2.08. The van der Waals surface area contributed by atoms with Gasteiger partial charge in [0.05, 0.1) is 0 Å². The molecule has 3 rings (SSSR count). The molecule has 0 radical (unpaired) electrons. The molecule has 4 nitrogen and oxygen atoms in total. The van der Waals surface area contributed by atoms with Crippen LogP contribution in [0.25, 0.3) is 15.8 Å². The number of halogens is 2. The van der Waals surface area contributed by atoms with Crippen LogP contribution in [0.5, 0.6) is 5.75 Å². The lowest BCUT2D eigenvalue weighted by molar-refractivity contribution is 0.0699. The Morgan fingerprint density at radius 3 is 2.37 bits per heavy atom. The zero-order valence-electron chi connectivity index (χ0n) is 13.9. The normalized spacial score (nSPS) is 11.0. The van der Waals surface area contributed by atoms with Crippen molar-refractivity contribution in [3.63, 3.8) is 0 Å². The highest BCUT2D eigenvalue weighted by Crippen LogP contribution is 2.33. The molecule has 9 heteroatoms. The average Bonchev–Trinajstić information content (AvgIpc) is 2.98. The van der Waals surface area contributed by atoms with Crippen LogP contribution in [-0.4, -0.2) is 11.1 Å². The standard InChI is InChI=1S/C18H15F2NO3P2S/c1-7(21)8-4-10(19)15(11(20)5-8)24-6-9-14-12(25)2-3-13(26)17(14)27-16(9)18(22)23/h2-5H,1,6,21,25-26H2,(H,22,23). The Balaban J connectivity index is 2.06. The van der Waals surface area contributed by atoms with E-state index in [1.54, 1.807) is 0 Å². The second-order valence-electron chi connectivity index (χ2n) is 5.75. The molecular formula is C18H15F2NO3P2S. The number of rotatable bonds is 5. The largest absolute Gasteiger partial charge is 0.483 e. The van der Waals surface area contributed by atoms with E-state index in [2.05, 4.69) is 25.1 Å². The molecule has 2 unspecified atom stereocenters. The summed E-state index contributed by atoms with van der Waals surface area (Å²) in [6.07, 6.45) is 0. The van der Waals surface area contributed by atoms with Crippen LogP contribution in [0.3, 0.4) is 0 Å². The van der Waals surface area contributed by atoms with Gasteiger partial charge < -0.3 is 15.6 Å².